The number of piperidine rings is 1. The molecular weight excluding hydrogens is 428 g/mol. The summed E-state index contributed by atoms with van der Waals surface area (Å²) in [5.41, 5.74) is 3.87. The van der Waals surface area contributed by atoms with Crippen LogP contribution in [-0.2, 0) is 27.1 Å². The third-order valence-electron chi connectivity index (χ3n) is 6.53. The molecule has 0 saturated carbocycles. The van der Waals surface area contributed by atoms with Crippen molar-refractivity contribution < 1.29 is 13.7 Å². The van der Waals surface area contributed by atoms with Crippen LogP contribution in [0.4, 0.5) is 11.5 Å². The maximum atomic E-state index is 12.9. The molecule has 2 fully saturated rings. The van der Waals surface area contributed by atoms with E-state index >= 15 is 0 Å². The first-order valence-corrected chi connectivity index (χ1v) is 13.1. The Morgan fingerprint density at radius 1 is 1.25 bits per heavy atom. The fourth-order valence-corrected chi connectivity index (χ4v) is 5.14. The van der Waals surface area contributed by atoms with Gasteiger partial charge >= 0.3 is 0 Å². The van der Waals surface area contributed by atoms with Gasteiger partial charge in [0.1, 0.15) is 5.82 Å². The largest absolute Gasteiger partial charge is 0.381 e. The van der Waals surface area contributed by atoms with Crippen LogP contribution in [0.5, 0.6) is 0 Å². The molecule has 0 aromatic carbocycles. The molecule has 9 nitrogen and oxygen atoms in total. The molecule has 1 amide bonds. The Morgan fingerprint density at radius 2 is 1.91 bits per heavy atom. The SMILES string of the molecule is CCN(N)c1nc(C)c(CNC(=O)C2CCN(S(C)=O)CC2)c(NC2CCOCC2)c1C. The highest BCUT2D eigenvalue weighted by molar-refractivity contribution is 7.81. The molecule has 1 atom stereocenters. The lowest BCUT2D eigenvalue weighted by Gasteiger charge is -2.30. The van der Waals surface area contributed by atoms with E-state index in [1.54, 1.807) is 11.3 Å². The van der Waals surface area contributed by atoms with Gasteiger partial charge in [0, 0.05) is 80.1 Å². The lowest BCUT2D eigenvalue weighted by Crippen LogP contribution is -2.41. The number of hydrazine groups is 1. The van der Waals surface area contributed by atoms with E-state index in [-0.39, 0.29) is 11.8 Å². The fraction of sp³-hybridized carbons (Fsp3) is 0.727. The van der Waals surface area contributed by atoms with E-state index in [1.807, 2.05) is 25.1 Å². The smallest absolute Gasteiger partial charge is 0.223 e. The van der Waals surface area contributed by atoms with Gasteiger partial charge in [-0.25, -0.2) is 19.3 Å². The summed E-state index contributed by atoms with van der Waals surface area (Å²) in [6.45, 7) is 9.95. The van der Waals surface area contributed by atoms with Crippen molar-refractivity contribution in [2.24, 2.45) is 11.8 Å². The van der Waals surface area contributed by atoms with Crippen LogP contribution in [0.1, 0.15) is 49.4 Å². The Labute approximate surface area is 194 Å². The maximum Gasteiger partial charge on any atom is 0.223 e. The molecule has 1 aromatic heterocycles. The molecule has 3 heterocycles. The first-order valence-electron chi connectivity index (χ1n) is 11.5. The monoisotopic (exact) mass is 466 g/mol. The number of nitrogens with two attached hydrogens (primary N) is 1. The number of aromatic nitrogens is 1. The van der Waals surface area contributed by atoms with Crippen LogP contribution in [0.15, 0.2) is 0 Å². The van der Waals surface area contributed by atoms with Crippen LogP contribution in [0.3, 0.4) is 0 Å². The number of nitrogens with zero attached hydrogens (tertiary/aromatic N) is 3. The number of anilines is 2. The molecule has 180 valence electrons. The molecule has 4 N–H and O–H groups in total. The van der Waals surface area contributed by atoms with Crippen molar-refractivity contribution >= 4 is 28.4 Å². The van der Waals surface area contributed by atoms with Crippen molar-refractivity contribution in [1.29, 1.82) is 0 Å². The summed E-state index contributed by atoms with van der Waals surface area (Å²) >= 11 is 0. The van der Waals surface area contributed by atoms with Gasteiger partial charge < -0.3 is 15.4 Å². The van der Waals surface area contributed by atoms with Gasteiger partial charge in [0.05, 0.1) is 11.0 Å². The van der Waals surface area contributed by atoms with Crippen LogP contribution < -0.4 is 21.5 Å². The number of carbonyl (C=O) groups is 1. The number of carbonyl (C=O) groups excluding carboxylic acids is 1. The molecule has 1 aromatic rings. The Kier molecular flexibility index (Phi) is 8.87. The second kappa shape index (κ2) is 11.4. The Morgan fingerprint density at radius 3 is 2.50 bits per heavy atom. The Hall–Kier alpha value is -1.75. The number of hydrogen-bond donors (Lipinski definition) is 3. The third kappa shape index (κ3) is 5.98. The third-order valence-corrected chi connectivity index (χ3v) is 7.63. The van der Waals surface area contributed by atoms with Crippen LogP contribution in [0.2, 0.25) is 0 Å². The molecule has 0 bridgehead atoms. The van der Waals surface area contributed by atoms with Crippen LogP contribution >= 0.6 is 0 Å². The molecule has 1 unspecified atom stereocenters. The van der Waals surface area contributed by atoms with Gasteiger partial charge in [-0.2, -0.15) is 0 Å². The predicted molar refractivity (Wildman–Crippen MR) is 129 cm³/mol. The van der Waals surface area contributed by atoms with Crippen molar-refractivity contribution in [2.45, 2.75) is 59.0 Å². The zero-order valence-corrected chi connectivity index (χ0v) is 20.6. The van der Waals surface area contributed by atoms with E-state index in [1.165, 1.54) is 0 Å². The molecule has 0 radical (unpaired) electrons. The number of pyridine rings is 1. The highest BCUT2D eigenvalue weighted by atomic mass is 32.2. The molecular formula is C22H38N6O3S. The minimum atomic E-state index is -0.972. The van der Waals surface area contributed by atoms with Gasteiger partial charge in [0.2, 0.25) is 5.91 Å². The van der Waals surface area contributed by atoms with Gasteiger partial charge in [-0.15, -0.1) is 0 Å². The molecule has 0 spiro atoms. The Balaban J connectivity index is 1.76. The molecule has 10 heteroatoms. The topological polar surface area (TPSA) is 113 Å². The van der Waals surface area contributed by atoms with E-state index in [4.69, 9.17) is 15.6 Å². The van der Waals surface area contributed by atoms with Crippen molar-refractivity contribution in [1.82, 2.24) is 14.6 Å². The summed E-state index contributed by atoms with van der Waals surface area (Å²) in [5, 5.41) is 8.50. The van der Waals surface area contributed by atoms with Crippen LogP contribution in [0, 0.1) is 19.8 Å². The maximum absolute atomic E-state index is 12.9. The second-order valence-corrected chi connectivity index (χ2v) is 10.0. The van der Waals surface area contributed by atoms with Gasteiger partial charge in [-0.1, -0.05) is 0 Å². The van der Waals surface area contributed by atoms with E-state index in [0.29, 0.717) is 32.2 Å². The average molecular weight is 467 g/mol. The van der Waals surface area contributed by atoms with E-state index < -0.39 is 11.0 Å². The number of nitrogens with one attached hydrogen (secondary N) is 2. The summed E-state index contributed by atoms with van der Waals surface area (Å²) in [5.74, 6) is 6.96. The van der Waals surface area contributed by atoms with Gasteiger partial charge in [0.15, 0.2) is 0 Å². The van der Waals surface area contributed by atoms with Crippen molar-refractivity contribution in [3.05, 3.63) is 16.8 Å². The van der Waals surface area contributed by atoms with Gasteiger partial charge in [-0.05, 0) is 46.5 Å². The number of aryl methyl sites for hydroxylation is 1. The first kappa shape index (κ1) is 24.9. The average Bonchev–Trinajstić information content (AvgIpc) is 2.80. The standard InChI is InChI=1S/C22H38N6O3S/c1-5-28(23)21-15(2)20(26-18-8-12-31-13-9-18)19(16(3)25-21)14-24-22(29)17-6-10-27(11-7-17)32(4)30/h17-18H,5-14,23H2,1-4H3,(H,24,29)(H,25,26). The highest BCUT2D eigenvalue weighted by Crippen LogP contribution is 2.31. The summed E-state index contributed by atoms with van der Waals surface area (Å²) in [7, 11) is -0.972. The minimum Gasteiger partial charge on any atom is -0.381 e. The minimum absolute atomic E-state index is 0.0463. The second-order valence-electron chi connectivity index (χ2n) is 8.66. The molecule has 0 aliphatic carbocycles. The van der Waals surface area contributed by atoms with Crippen LogP contribution in [-0.4, -0.2) is 64.6 Å². The summed E-state index contributed by atoms with van der Waals surface area (Å²) in [6.07, 6.45) is 5.04. The number of ether oxygens (including phenoxy) is 1. The molecule has 2 aliphatic heterocycles. The van der Waals surface area contributed by atoms with Crippen molar-refractivity contribution in [3.8, 4) is 0 Å². The first-order chi connectivity index (χ1) is 15.3. The van der Waals surface area contributed by atoms with Crippen molar-refractivity contribution in [3.63, 3.8) is 0 Å². The van der Waals surface area contributed by atoms with Gasteiger partial charge in [-0.3, -0.25) is 9.80 Å². The van der Waals surface area contributed by atoms with Crippen molar-refractivity contribution in [2.75, 3.05) is 49.4 Å². The number of hydrogen-bond acceptors (Lipinski definition) is 7. The molecule has 2 aliphatic rings. The number of rotatable bonds is 8. The summed E-state index contributed by atoms with van der Waals surface area (Å²) < 4.78 is 19.1. The molecule has 3 rings (SSSR count). The van der Waals surface area contributed by atoms with Gasteiger partial charge in [0.25, 0.3) is 0 Å². The lowest BCUT2D eigenvalue weighted by atomic mass is 9.97. The summed E-state index contributed by atoms with van der Waals surface area (Å²) in [6, 6.07) is 0.318. The van der Waals surface area contributed by atoms with Crippen LogP contribution in [0.25, 0.3) is 0 Å². The molecule has 2 saturated heterocycles. The predicted octanol–water partition coefficient (Wildman–Crippen LogP) is 1.61. The lowest BCUT2D eigenvalue weighted by molar-refractivity contribution is -0.126. The van der Waals surface area contributed by atoms with E-state index in [2.05, 4.69) is 10.6 Å². The highest BCUT2D eigenvalue weighted by Gasteiger charge is 2.27. The fourth-order valence-electron chi connectivity index (χ4n) is 4.41. The zero-order valence-electron chi connectivity index (χ0n) is 19.8. The quantitative estimate of drug-likeness (QED) is 0.394. The normalized spacial score (nSPS) is 19.5. The Bertz CT molecular complexity index is 822. The van der Waals surface area contributed by atoms with E-state index in [9.17, 15) is 9.00 Å². The number of amides is 1. The van der Waals surface area contributed by atoms with E-state index in [0.717, 1.165) is 67.2 Å². The molecule has 32 heavy (non-hydrogen) atoms. The zero-order chi connectivity index (χ0) is 23.3. The summed E-state index contributed by atoms with van der Waals surface area (Å²) in [4.78, 5) is 17.6.